The van der Waals surface area contributed by atoms with Gasteiger partial charge in [-0.2, -0.15) is 0 Å². The summed E-state index contributed by atoms with van der Waals surface area (Å²) in [5.74, 6) is -0.528. The van der Waals surface area contributed by atoms with E-state index in [4.69, 9.17) is 5.73 Å². The minimum atomic E-state index is -0.402. The van der Waals surface area contributed by atoms with E-state index in [1.807, 2.05) is 0 Å². The first-order valence-corrected chi connectivity index (χ1v) is 5.38. The minimum Gasteiger partial charge on any atom is -0.326 e. The topological polar surface area (TPSA) is 46.3 Å². The molecule has 0 bridgehead atoms. The summed E-state index contributed by atoms with van der Waals surface area (Å²) in [5, 5.41) is 0. The first kappa shape index (κ1) is 10.6. The van der Waals surface area contributed by atoms with Crippen LogP contribution in [0.25, 0.3) is 0 Å². The Kier molecular flexibility index (Phi) is 2.75. The third-order valence-electron chi connectivity index (χ3n) is 2.35. The van der Waals surface area contributed by atoms with Gasteiger partial charge in [-0.1, -0.05) is 15.9 Å². The quantitative estimate of drug-likeness (QED) is 0.845. The summed E-state index contributed by atoms with van der Waals surface area (Å²) in [6, 6.07) is 4.32. The first-order chi connectivity index (χ1) is 7.08. The van der Waals surface area contributed by atoms with Crippen molar-refractivity contribution in [3.63, 3.8) is 0 Å². The van der Waals surface area contributed by atoms with Crippen molar-refractivity contribution < 1.29 is 9.18 Å². The molecular weight excluding hydrogens is 263 g/mol. The zero-order valence-corrected chi connectivity index (χ0v) is 9.50. The molecule has 3 nitrogen and oxygen atoms in total. The third kappa shape index (κ3) is 2.03. The van der Waals surface area contributed by atoms with Crippen LogP contribution in [0.2, 0.25) is 0 Å². The van der Waals surface area contributed by atoms with E-state index in [2.05, 4.69) is 15.9 Å². The number of hydrogen-bond donors (Lipinski definition) is 1. The molecule has 80 valence electrons. The zero-order chi connectivity index (χ0) is 11.0. The summed E-state index contributed by atoms with van der Waals surface area (Å²) >= 11 is 3.24. The zero-order valence-electron chi connectivity index (χ0n) is 7.91. The van der Waals surface area contributed by atoms with Crippen LogP contribution in [-0.2, 0) is 4.79 Å². The molecule has 0 saturated carbocycles. The Morgan fingerprint density at radius 2 is 2.27 bits per heavy atom. The van der Waals surface area contributed by atoms with Gasteiger partial charge in [0.15, 0.2) is 0 Å². The number of nitrogens with two attached hydrogens (primary N) is 1. The van der Waals surface area contributed by atoms with Crippen molar-refractivity contribution in [3.05, 3.63) is 28.5 Å². The van der Waals surface area contributed by atoms with Crippen molar-refractivity contribution in [2.24, 2.45) is 5.73 Å². The van der Waals surface area contributed by atoms with Gasteiger partial charge in [-0.3, -0.25) is 4.79 Å². The fraction of sp³-hybridized carbons (Fsp3) is 0.300. The third-order valence-corrected chi connectivity index (χ3v) is 2.85. The fourth-order valence-electron chi connectivity index (χ4n) is 1.66. The van der Waals surface area contributed by atoms with E-state index in [1.54, 1.807) is 12.1 Å². The van der Waals surface area contributed by atoms with Gasteiger partial charge in [0, 0.05) is 23.5 Å². The number of hydrogen-bond acceptors (Lipinski definition) is 2. The van der Waals surface area contributed by atoms with Crippen LogP contribution < -0.4 is 10.6 Å². The van der Waals surface area contributed by atoms with Crippen LogP contribution in [0.3, 0.4) is 0 Å². The van der Waals surface area contributed by atoms with E-state index in [9.17, 15) is 9.18 Å². The Hall–Kier alpha value is -0.940. The lowest BCUT2D eigenvalue weighted by molar-refractivity contribution is -0.117. The Balaban J connectivity index is 2.37. The van der Waals surface area contributed by atoms with Crippen LogP contribution in [0.4, 0.5) is 10.1 Å². The molecule has 1 aliphatic heterocycles. The summed E-state index contributed by atoms with van der Waals surface area (Å²) in [6.45, 7) is 0.381. The molecule has 1 aromatic carbocycles. The van der Waals surface area contributed by atoms with Gasteiger partial charge in [0.05, 0.1) is 5.69 Å². The number of anilines is 1. The lowest BCUT2D eigenvalue weighted by Crippen LogP contribution is -2.28. The highest BCUT2D eigenvalue weighted by molar-refractivity contribution is 9.10. The molecule has 1 atom stereocenters. The van der Waals surface area contributed by atoms with Gasteiger partial charge in [-0.25, -0.2) is 4.39 Å². The number of rotatable bonds is 1. The molecule has 0 aliphatic carbocycles. The molecule has 1 heterocycles. The SMILES string of the molecule is NC1CC(=O)N(c2cc(Br)ccc2F)C1. The van der Waals surface area contributed by atoms with Crippen LogP contribution in [0.5, 0.6) is 0 Å². The first-order valence-electron chi connectivity index (χ1n) is 4.59. The second-order valence-electron chi connectivity index (χ2n) is 3.56. The molecule has 1 fully saturated rings. The van der Waals surface area contributed by atoms with E-state index in [1.165, 1.54) is 11.0 Å². The number of nitrogens with zero attached hydrogens (tertiary/aromatic N) is 1. The van der Waals surface area contributed by atoms with Crippen molar-refractivity contribution in [2.75, 3.05) is 11.4 Å². The second kappa shape index (κ2) is 3.90. The van der Waals surface area contributed by atoms with Crippen LogP contribution in [0, 0.1) is 5.82 Å². The molecule has 0 radical (unpaired) electrons. The highest BCUT2D eigenvalue weighted by Gasteiger charge is 2.29. The number of amides is 1. The maximum absolute atomic E-state index is 13.5. The molecule has 0 aromatic heterocycles. The number of benzene rings is 1. The largest absolute Gasteiger partial charge is 0.326 e. The second-order valence-corrected chi connectivity index (χ2v) is 4.48. The predicted molar refractivity (Wildman–Crippen MR) is 59.0 cm³/mol. The van der Waals surface area contributed by atoms with E-state index < -0.39 is 5.82 Å². The van der Waals surface area contributed by atoms with Crippen molar-refractivity contribution in [2.45, 2.75) is 12.5 Å². The minimum absolute atomic E-state index is 0.125. The fourth-order valence-corrected chi connectivity index (χ4v) is 2.01. The molecule has 1 aliphatic rings. The predicted octanol–water partition coefficient (Wildman–Crippen LogP) is 1.65. The van der Waals surface area contributed by atoms with E-state index in [-0.39, 0.29) is 18.4 Å². The number of carbonyl (C=O) groups excluding carboxylic acids is 1. The van der Waals surface area contributed by atoms with Crippen molar-refractivity contribution in [1.82, 2.24) is 0 Å². The molecule has 2 rings (SSSR count). The lowest BCUT2D eigenvalue weighted by atomic mass is 10.3. The summed E-state index contributed by atoms with van der Waals surface area (Å²) in [5.41, 5.74) is 5.94. The van der Waals surface area contributed by atoms with Crippen LogP contribution in [-0.4, -0.2) is 18.5 Å². The maximum Gasteiger partial charge on any atom is 0.228 e. The summed E-state index contributed by atoms with van der Waals surface area (Å²) in [6.07, 6.45) is 0.284. The van der Waals surface area contributed by atoms with Gasteiger partial charge < -0.3 is 10.6 Å². The number of halogens is 2. The molecule has 1 unspecified atom stereocenters. The summed E-state index contributed by atoms with van der Waals surface area (Å²) in [4.78, 5) is 12.9. The van der Waals surface area contributed by atoms with Crippen molar-refractivity contribution in [3.8, 4) is 0 Å². The Morgan fingerprint density at radius 1 is 1.53 bits per heavy atom. The molecule has 1 amide bonds. The normalized spacial score (nSPS) is 21.1. The van der Waals surface area contributed by atoms with E-state index in [0.29, 0.717) is 12.2 Å². The van der Waals surface area contributed by atoms with Gasteiger partial charge in [0.1, 0.15) is 5.82 Å². The van der Waals surface area contributed by atoms with Gasteiger partial charge in [-0.05, 0) is 18.2 Å². The molecule has 1 saturated heterocycles. The van der Waals surface area contributed by atoms with Gasteiger partial charge >= 0.3 is 0 Å². The maximum atomic E-state index is 13.5. The van der Waals surface area contributed by atoms with Gasteiger partial charge in [-0.15, -0.1) is 0 Å². The van der Waals surface area contributed by atoms with Crippen LogP contribution in [0.1, 0.15) is 6.42 Å². The number of carbonyl (C=O) groups is 1. The smallest absolute Gasteiger partial charge is 0.228 e. The highest BCUT2D eigenvalue weighted by atomic mass is 79.9. The molecule has 15 heavy (non-hydrogen) atoms. The summed E-state index contributed by atoms with van der Waals surface area (Å²) < 4.78 is 14.2. The Bertz CT molecular complexity index is 410. The molecule has 5 heteroatoms. The monoisotopic (exact) mass is 272 g/mol. The molecular formula is C10H10BrFN2O. The summed E-state index contributed by atoms with van der Waals surface area (Å²) in [7, 11) is 0. The van der Waals surface area contributed by atoms with Gasteiger partial charge in [0.25, 0.3) is 0 Å². The Labute approximate surface area is 95.2 Å². The lowest BCUT2D eigenvalue weighted by Gasteiger charge is -2.16. The van der Waals surface area contributed by atoms with Crippen molar-refractivity contribution in [1.29, 1.82) is 0 Å². The average Bonchev–Trinajstić information content (AvgIpc) is 2.50. The molecule has 1 aromatic rings. The highest BCUT2D eigenvalue weighted by Crippen LogP contribution is 2.27. The van der Waals surface area contributed by atoms with Crippen molar-refractivity contribution >= 4 is 27.5 Å². The van der Waals surface area contributed by atoms with Crippen LogP contribution >= 0.6 is 15.9 Å². The standard InChI is InChI=1S/C10H10BrFN2O/c11-6-1-2-8(12)9(3-6)14-5-7(13)4-10(14)15/h1-3,7H,4-5,13H2. The molecule has 2 N–H and O–H groups in total. The van der Waals surface area contributed by atoms with E-state index >= 15 is 0 Å². The van der Waals surface area contributed by atoms with Crippen LogP contribution in [0.15, 0.2) is 22.7 Å². The Morgan fingerprint density at radius 3 is 2.87 bits per heavy atom. The average molecular weight is 273 g/mol. The van der Waals surface area contributed by atoms with E-state index in [0.717, 1.165) is 4.47 Å². The van der Waals surface area contributed by atoms with Gasteiger partial charge in [0.2, 0.25) is 5.91 Å². The molecule has 0 spiro atoms.